The molecule has 1 atom stereocenters. The number of anilines is 1. The summed E-state index contributed by atoms with van der Waals surface area (Å²) in [5.41, 5.74) is -2.34. The first-order valence-corrected chi connectivity index (χ1v) is 6.09. The maximum atomic E-state index is 12.7. The van der Waals surface area contributed by atoms with Crippen LogP contribution in [0.5, 0.6) is 0 Å². The van der Waals surface area contributed by atoms with Gasteiger partial charge in [0.2, 0.25) is 0 Å². The van der Waals surface area contributed by atoms with Crippen molar-refractivity contribution in [3.63, 3.8) is 0 Å². The predicted molar refractivity (Wildman–Crippen MR) is 69.4 cm³/mol. The quantitative estimate of drug-likeness (QED) is 0.798. The molecule has 0 aliphatic rings. The molecule has 7 heteroatoms. The van der Waals surface area contributed by atoms with Crippen molar-refractivity contribution in [1.82, 2.24) is 5.32 Å². The van der Waals surface area contributed by atoms with E-state index in [2.05, 4.69) is 10.6 Å². The lowest BCUT2D eigenvalue weighted by atomic mass is 10.0. The number of carbonyl (C=O) groups excluding carboxylic acids is 1. The average molecular weight is 290 g/mol. The van der Waals surface area contributed by atoms with Gasteiger partial charge in [0, 0.05) is 6.54 Å². The fraction of sp³-hybridized carbons (Fsp3) is 0.462. The highest BCUT2D eigenvalue weighted by Crippen LogP contribution is 2.34. The Morgan fingerprint density at radius 1 is 1.30 bits per heavy atom. The van der Waals surface area contributed by atoms with Crippen molar-refractivity contribution in [1.29, 1.82) is 0 Å². The molecule has 3 N–H and O–H groups in total. The van der Waals surface area contributed by atoms with Gasteiger partial charge in [0.1, 0.15) is 0 Å². The Balaban J connectivity index is 2.72. The second-order valence-electron chi connectivity index (χ2n) is 4.70. The van der Waals surface area contributed by atoms with E-state index in [4.69, 9.17) is 0 Å². The number of amides is 2. The summed E-state index contributed by atoms with van der Waals surface area (Å²) < 4.78 is 38.2. The van der Waals surface area contributed by atoms with Gasteiger partial charge in [-0.1, -0.05) is 19.1 Å². The van der Waals surface area contributed by atoms with E-state index in [0.717, 1.165) is 6.07 Å². The molecule has 0 saturated heterocycles. The zero-order valence-corrected chi connectivity index (χ0v) is 11.2. The molecule has 0 spiro atoms. The third-order valence-corrected chi connectivity index (χ3v) is 2.87. The minimum atomic E-state index is -4.54. The van der Waals surface area contributed by atoms with Crippen molar-refractivity contribution < 1.29 is 23.1 Å². The van der Waals surface area contributed by atoms with E-state index >= 15 is 0 Å². The zero-order chi connectivity index (χ0) is 15.4. The molecule has 0 radical (unpaired) electrons. The van der Waals surface area contributed by atoms with Crippen LogP contribution in [0.15, 0.2) is 24.3 Å². The summed E-state index contributed by atoms with van der Waals surface area (Å²) in [5.74, 6) is 0. The van der Waals surface area contributed by atoms with Crippen molar-refractivity contribution in [3.05, 3.63) is 29.8 Å². The third kappa shape index (κ3) is 4.73. The number of alkyl halides is 3. The normalized spacial score (nSPS) is 14.5. The van der Waals surface area contributed by atoms with Gasteiger partial charge >= 0.3 is 12.2 Å². The number of rotatable bonds is 4. The SMILES string of the molecule is CCC(C)(O)CNC(=O)Nc1ccccc1C(F)(F)F. The van der Waals surface area contributed by atoms with Crippen LogP contribution in [0.2, 0.25) is 0 Å². The molecule has 20 heavy (non-hydrogen) atoms. The van der Waals surface area contributed by atoms with Crippen molar-refractivity contribution >= 4 is 11.7 Å². The van der Waals surface area contributed by atoms with E-state index in [1.165, 1.54) is 25.1 Å². The van der Waals surface area contributed by atoms with Gasteiger partial charge in [0.05, 0.1) is 16.9 Å². The largest absolute Gasteiger partial charge is 0.418 e. The Morgan fingerprint density at radius 2 is 1.90 bits per heavy atom. The molecule has 0 bridgehead atoms. The first-order chi connectivity index (χ1) is 9.15. The molecule has 0 fully saturated rings. The summed E-state index contributed by atoms with van der Waals surface area (Å²) in [4.78, 5) is 11.6. The number of benzene rings is 1. The molecule has 0 aliphatic heterocycles. The first kappa shape index (κ1) is 16.3. The van der Waals surface area contributed by atoms with E-state index in [1.807, 2.05) is 0 Å². The average Bonchev–Trinajstić information content (AvgIpc) is 2.36. The topological polar surface area (TPSA) is 61.4 Å². The molecule has 4 nitrogen and oxygen atoms in total. The van der Waals surface area contributed by atoms with Crippen LogP contribution in [0.25, 0.3) is 0 Å². The number of halogens is 3. The van der Waals surface area contributed by atoms with Gasteiger partial charge < -0.3 is 15.7 Å². The molecule has 1 unspecified atom stereocenters. The zero-order valence-electron chi connectivity index (χ0n) is 11.2. The summed E-state index contributed by atoms with van der Waals surface area (Å²) in [6.07, 6.45) is -4.13. The van der Waals surface area contributed by atoms with Crippen LogP contribution in [0, 0.1) is 0 Å². The molecule has 0 saturated carbocycles. The number of hydrogen-bond donors (Lipinski definition) is 3. The Labute approximate surface area is 115 Å². The standard InChI is InChI=1S/C13H17F3N2O2/c1-3-12(2,20)8-17-11(19)18-10-7-5-4-6-9(10)13(14,15)16/h4-7,20H,3,8H2,1-2H3,(H2,17,18,19). The highest BCUT2D eigenvalue weighted by atomic mass is 19.4. The van der Waals surface area contributed by atoms with E-state index < -0.39 is 23.4 Å². The second kappa shape index (κ2) is 6.13. The minimum Gasteiger partial charge on any atom is -0.388 e. The maximum absolute atomic E-state index is 12.7. The van der Waals surface area contributed by atoms with Crippen LogP contribution in [0.1, 0.15) is 25.8 Å². The number of aliphatic hydroxyl groups is 1. The van der Waals surface area contributed by atoms with Crippen LogP contribution >= 0.6 is 0 Å². The smallest absolute Gasteiger partial charge is 0.388 e. The lowest BCUT2D eigenvalue weighted by Gasteiger charge is -2.22. The van der Waals surface area contributed by atoms with E-state index in [-0.39, 0.29) is 12.2 Å². The summed E-state index contributed by atoms with van der Waals surface area (Å²) in [7, 11) is 0. The van der Waals surface area contributed by atoms with Gasteiger partial charge in [-0.15, -0.1) is 0 Å². The molecule has 0 heterocycles. The number of nitrogens with one attached hydrogen (secondary N) is 2. The summed E-state index contributed by atoms with van der Waals surface area (Å²) in [6, 6.07) is 3.90. The minimum absolute atomic E-state index is 0.0521. The fourth-order valence-corrected chi connectivity index (χ4v) is 1.40. The van der Waals surface area contributed by atoms with Crippen molar-refractivity contribution in [2.45, 2.75) is 32.0 Å². The van der Waals surface area contributed by atoms with Gasteiger partial charge in [0.15, 0.2) is 0 Å². The van der Waals surface area contributed by atoms with Crippen LogP contribution in [0.4, 0.5) is 23.7 Å². The lowest BCUT2D eigenvalue weighted by molar-refractivity contribution is -0.136. The predicted octanol–water partition coefficient (Wildman–Crippen LogP) is 2.99. The Morgan fingerprint density at radius 3 is 2.45 bits per heavy atom. The number of urea groups is 1. The Bertz CT molecular complexity index is 473. The first-order valence-electron chi connectivity index (χ1n) is 6.09. The molecular formula is C13H17F3N2O2. The van der Waals surface area contributed by atoms with Crippen molar-refractivity contribution in [2.24, 2.45) is 0 Å². The third-order valence-electron chi connectivity index (χ3n) is 2.87. The number of carbonyl (C=O) groups is 1. The highest BCUT2D eigenvalue weighted by Gasteiger charge is 2.33. The van der Waals surface area contributed by atoms with Gasteiger partial charge in [-0.05, 0) is 25.5 Å². The fourth-order valence-electron chi connectivity index (χ4n) is 1.40. The monoisotopic (exact) mass is 290 g/mol. The molecule has 1 aromatic carbocycles. The molecule has 1 rings (SSSR count). The van der Waals surface area contributed by atoms with Crippen LogP contribution in [0.3, 0.4) is 0 Å². The highest BCUT2D eigenvalue weighted by molar-refractivity contribution is 5.90. The second-order valence-corrected chi connectivity index (χ2v) is 4.70. The molecule has 112 valence electrons. The van der Waals surface area contributed by atoms with Gasteiger partial charge in [-0.25, -0.2) is 4.79 Å². The summed E-state index contributed by atoms with van der Waals surface area (Å²) >= 11 is 0. The van der Waals surface area contributed by atoms with Gasteiger partial charge in [0.25, 0.3) is 0 Å². The van der Waals surface area contributed by atoms with Gasteiger partial charge in [-0.3, -0.25) is 0 Å². The van der Waals surface area contributed by atoms with Crippen molar-refractivity contribution in [3.8, 4) is 0 Å². The van der Waals surface area contributed by atoms with Gasteiger partial charge in [-0.2, -0.15) is 13.2 Å². The van der Waals surface area contributed by atoms with E-state index in [0.29, 0.717) is 6.42 Å². The summed E-state index contributed by atoms with van der Waals surface area (Å²) in [5, 5.41) is 14.2. The molecule has 1 aromatic rings. The van der Waals surface area contributed by atoms with Crippen LogP contribution < -0.4 is 10.6 Å². The number of hydrogen-bond acceptors (Lipinski definition) is 2. The molecule has 0 aliphatic carbocycles. The maximum Gasteiger partial charge on any atom is 0.418 e. The van der Waals surface area contributed by atoms with E-state index in [9.17, 15) is 23.1 Å². The Hall–Kier alpha value is -1.76. The molecule has 2 amide bonds. The van der Waals surface area contributed by atoms with Crippen LogP contribution in [-0.4, -0.2) is 23.3 Å². The summed E-state index contributed by atoms with van der Waals surface area (Å²) in [6.45, 7) is 3.21. The van der Waals surface area contributed by atoms with E-state index in [1.54, 1.807) is 6.92 Å². The number of para-hydroxylation sites is 1. The lowest BCUT2D eigenvalue weighted by Crippen LogP contribution is -2.42. The molecule has 0 aromatic heterocycles. The Kier molecular flexibility index (Phi) is 4.99. The molecular weight excluding hydrogens is 273 g/mol. The van der Waals surface area contributed by atoms with Crippen molar-refractivity contribution in [2.75, 3.05) is 11.9 Å². The van der Waals surface area contributed by atoms with Crippen LogP contribution in [-0.2, 0) is 6.18 Å².